The maximum absolute atomic E-state index is 12.4. The lowest BCUT2D eigenvalue weighted by Crippen LogP contribution is -2.13. The molecule has 0 amide bonds. The molecular formula is C14H6ClN3O. The number of fused-ring (bicyclic) bond motifs is 2. The van der Waals surface area contributed by atoms with Gasteiger partial charge in [-0.1, -0.05) is 11.6 Å². The highest BCUT2D eigenvalue weighted by molar-refractivity contribution is 6.37. The third-order valence-electron chi connectivity index (χ3n) is 3.24. The molecule has 0 saturated carbocycles. The number of ketones is 1. The van der Waals surface area contributed by atoms with Crippen molar-refractivity contribution in [1.82, 2.24) is 15.0 Å². The molecule has 0 aromatic carbocycles. The number of nitrogens with zero attached hydrogens (tertiary/aromatic N) is 3. The van der Waals surface area contributed by atoms with Crippen LogP contribution in [0.2, 0.25) is 5.02 Å². The molecule has 0 aliphatic heterocycles. The molecule has 0 atom stereocenters. The van der Waals surface area contributed by atoms with Crippen molar-refractivity contribution in [3.8, 4) is 11.4 Å². The lowest BCUT2D eigenvalue weighted by atomic mass is 9.92. The maximum atomic E-state index is 12.4. The van der Waals surface area contributed by atoms with Crippen molar-refractivity contribution in [2.24, 2.45) is 0 Å². The van der Waals surface area contributed by atoms with Gasteiger partial charge in [0.05, 0.1) is 16.3 Å². The van der Waals surface area contributed by atoms with Gasteiger partial charge in [-0.05, 0) is 18.2 Å². The van der Waals surface area contributed by atoms with Crippen LogP contribution in [-0.2, 0) is 0 Å². The summed E-state index contributed by atoms with van der Waals surface area (Å²) in [5, 5.41) is 1.97. The van der Waals surface area contributed by atoms with Crippen molar-refractivity contribution in [3.63, 3.8) is 0 Å². The molecule has 0 saturated heterocycles. The molecular weight excluding hydrogens is 262 g/mol. The fourth-order valence-electron chi connectivity index (χ4n) is 2.41. The van der Waals surface area contributed by atoms with Crippen LogP contribution in [0.3, 0.4) is 0 Å². The first-order valence-electron chi connectivity index (χ1n) is 5.70. The van der Waals surface area contributed by atoms with Crippen LogP contribution in [0.5, 0.6) is 0 Å². The summed E-state index contributed by atoms with van der Waals surface area (Å²) in [6, 6.07) is 5.26. The number of aromatic nitrogens is 3. The minimum Gasteiger partial charge on any atom is -0.287 e. The summed E-state index contributed by atoms with van der Waals surface area (Å²) < 4.78 is 0. The summed E-state index contributed by atoms with van der Waals surface area (Å²) in [7, 11) is 0. The smallest absolute Gasteiger partial charge is 0.214 e. The second-order valence-electron chi connectivity index (χ2n) is 4.27. The highest BCUT2D eigenvalue weighted by Gasteiger charge is 2.28. The van der Waals surface area contributed by atoms with Crippen LogP contribution in [0.1, 0.15) is 16.1 Å². The van der Waals surface area contributed by atoms with E-state index < -0.39 is 0 Å². The summed E-state index contributed by atoms with van der Waals surface area (Å²) in [6.45, 7) is 0. The van der Waals surface area contributed by atoms with E-state index in [2.05, 4.69) is 15.0 Å². The molecule has 3 aromatic heterocycles. The Balaban J connectivity index is 2.28. The van der Waals surface area contributed by atoms with E-state index in [1.807, 2.05) is 0 Å². The normalized spacial score (nSPS) is 12.6. The van der Waals surface area contributed by atoms with E-state index in [1.165, 1.54) is 6.20 Å². The molecule has 90 valence electrons. The predicted molar refractivity (Wildman–Crippen MR) is 71.2 cm³/mol. The van der Waals surface area contributed by atoms with E-state index in [9.17, 15) is 4.79 Å². The first-order valence-corrected chi connectivity index (χ1v) is 6.08. The van der Waals surface area contributed by atoms with Crippen LogP contribution in [0, 0.1) is 0 Å². The van der Waals surface area contributed by atoms with Gasteiger partial charge in [-0.2, -0.15) is 0 Å². The van der Waals surface area contributed by atoms with Gasteiger partial charge in [-0.15, -0.1) is 0 Å². The lowest BCUT2D eigenvalue weighted by Gasteiger charge is -2.17. The van der Waals surface area contributed by atoms with E-state index in [4.69, 9.17) is 11.6 Å². The number of hydrogen-bond donors (Lipinski definition) is 0. The van der Waals surface area contributed by atoms with Crippen LogP contribution in [0.25, 0.3) is 22.2 Å². The molecule has 0 fully saturated rings. The number of pyridine rings is 3. The number of carbonyl (C=O) groups is 1. The third kappa shape index (κ3) is 1.29. The fraction of sp³-hybridized carbons (Fsp3) is 0. The van der Waals surface area contributed by atoms with Crippen LogP contribution < -0.4 is 0 Å². The molecule has 0 radical (unpaired) electrons. The predicted octanol–water partition coefficient (Wildman–Crippen LogP) is 2.89. The Labute approximate surface area is 113 Å². The maximum Gasteiger partial charge on any atom is 0.214 e. The van der Waals surface area contributed by atoms with E-state index in [0.29, 0.717) is 33.1 Å². The summed E-state index contributed by atoms with van der Waals surface area (Å²) in [5.41, 5.74) is 2.18. The van der Waals surface area contributed by atoms with Gasteiger partial charge >= 0.3 is 0 Å². The number of carbonyl (C=O) groups excluding carboxylic acids is 1. The molecule has 19 heavy (non-hydrogen) atoms. The van der Waals surface area contributed by atoms with Gasteiger partial charge in [0.2, 0.25) is 5.78 Å². The van der Waals surface area contributed by atoms with Gasteiger partial charge in [0.25, 0.3) is 0 Å². The summed E-state index contributed by atoms with van der Waals surface area (Å²) >= 11 is 6.13. The van der Waals surface area contributed by atoms with Gasteiger partial charge in [0.1, 0.15) is 11.4 Å². The molecule has 4 rings (SSSR count). The Morgan fingerprint density at radius 3 is 2.68 bits per heavy atom. The monoisotopic (exact) mass is 267 g/mol. The average Bonchev–Trinajstić information content (AvgIpc) is 2.46. The molecule has 0 spiro atoms. The molecule has 0 bridgehead atoms. The van der Waals surface area contributed by atoms with Crippen molar-refractivity contribution < 1.29 is 4.79 Å². The van der Waals surface area contributed by atoms with Crippen LogP contribution in [0.4, 0.5) is 0 Å². The molecule has 4 nitrogen and oxygen atoms in total. The molecule has 0 unspecified atom stereocenters. The van der Waals surface area contributed by atoms with Crippen molar-refractivity contribution >= 4 is 28.2 Å². The van der Waals surface area contributed by atoms with Crippen molar-refractivity contribution in [3.05, 3.63) is 53.1 Å². The van der Waals surface area contributed by atoms with Crippen molar-refractivity contribution in [2.75, 3.05) is 0 Å². The minimum absolute atomic E-state index is 0.134. The van der Waals surface area contributed by atoms with Crippen molar-refractivity contribution in [1.29, 1.82) is 0 Å². The lowest BCUT2D eigenvalue weighted by molar-refractivity contribution is 0.103. The Hall–Kier alpha value is -2.33. The fourth-order valence-corrected chi connectivity index (χ4v) is 2.62. The number of halogens is 1. The Bertz CT molecular complexity index is 860. The molecule has 3 heterocycles. The van der Waals surface area contributed by atoms with Crippen molar-refractivity contribution in [2.45, 2.75) is 0 Å². The number of rotatable bonds is 0. The molecule has 1 aliphatic carbocycles. The summed E-state index contributed by atoms with van der Waals surface area (Å²) in [4.78, 5) is 25.2. The Kier molecular flexibility index (Phi) is 2.00. The Morgan fingerprint density at radius 1 is 0.947 bits per heavy atom. The SMILES string of the molecule is O=C1c2cccnc2-c2nccc3c(Cl)cnc1c23. The Morgan fingerprint density at radius 2 is 1.79 bits per heavy atom. The molecule has 1 aliphatic rings. The molecule has 0 N–H and O–H groups in total. The van der Waals surface area contributed by atoms with Gasteiger partial charge in [0, 0.05) is 29.4 Å². The van der Waals surface area contributed by atoms with Crippen LogP contribution in [0.15, 0.2) is 36.8 Å². The highest BCUT2D eigenvalue weighted by atomic mass is 35.5. The molecule has 5 heteroatoms. The van der Waals surface area contributed by atoms with Crippen LogP contribution >= 0.6 is 11.6 Å². The molecule has 3 aromatic rings. The summed E-state index contributed by atoms with van der Waals surface area (Å²) in [6.07, 6.45) is 4.82. The summed E-state index contributed by atoms with van der Waals surface area (Å²) in [5.74, 6) is -0.134. The van der Waals surface area contributed by atoms with Gasteiger partial charge in [-0.25, -0.2) is 0 Å². The zero-order chi connectivity index (χ0) is 13.0. The van der Waals surface area contributed by atoms with E-state index in [-0.39, 0.29) is 5.78 Å². The quantitative estimate of drug-likeness (QED) is 0.492. The second-order valence-corrected chi connectivity index (χ2v) is 4.67. The minimum atomic E-state index is -0.134. The van der Waals surface area contributed by atoms with E-state index in [0.717, 1.165) is 5.39 Å². The first kappa shape index (κ1) is 10.6. The average molecular weight is 268 g/mol. The van der Waals surface area contributed by atoms with Gasteiger partial charge in [-0.3, -0.25) is 19.7 Å². The second kappa shape index (κ2) is 3.59. The third-order valence-corrected chi connectivity index (χ3v) is 3.54. The highest BCUT2D eigenvalue weighted by Crippen LogP contribution is 2.37. The first-order chi connectivity index (χ1) is 9.27. The standard InChI is InChI=1S/C14H6ClN3O/c15-9-6-18-13-10-7(9)3-5-17-12(10)11-8(14(13)19)2-1-4-16-11/h1-6H. The van der Waals surface area contributed by atoms with Gasteiger partial charge < -0.3 is 0 Å². The topological polar surface area (TPSA) is 55.7 Å². The van der Waals surface area contributed by atoms with Gasteiger partial charge in [0.15, 0.2) is 0 Å². The largest absolute Gasteiger partial charge is 0.287 e. The van der Waals surface area contributed by atoms with Crippen LogP contribution in [-0.4, -0.2) is 20.7 Å². The number of hydrogen-bond acceptors (Lipinski definition) is 4. The zero-order valence-corrected chi connectivity index (χ0v) is 10.3. The zero-order valence-electron chi connectivity index (χ0n) is 9.59. The van der Waals surface area contributed by atoms with E-state index >= 15 is 0 Å². The van der Waals surface area contributed by atoms with E-state index in [1.54, 1.807) is 30.6 Å².